The van der Waals surface area contributed by atoms with Gasteiger partial charge in [0.2, 0.25) is 11.8 Å². The van der Waals surface area contributed by atoms with Crippen molar-refractivity contribution in [3.63, 3.8) is 0 Å². The fourth-order valence-electron chi connectivity index (χ4n) is 3.56. The average molecular weight is 427 g/mol. The van der Waals surface area contributed by atoms with E-state index in [1.165, 1.54) is 4.57 Å². The largest absolute Gasteiger partial charge is 0.494 e. The SMILES string of the molecule is O=C1CCC(n2cc3c(CNC(=O)Nc4cccc(Cl)c4)cccc3c2O)C(=O)N1. The van der Waals surface area contributed by atoms with Crippen LogP contribution in [0.5, 0.6) is 5.88 Å². The third kappa shape index (κ3) is 3.95. The van der Waals surface area contributed by atoms with Crippen molar-refractivity contribution in [1.29, 1.82) is 0 Å². The Kier molecular flexibility index (Phi) is 5.33. The molecule has 9 heteroatoms. The van der Waals surface area contributed by atoms with Crippen LogP contribution in [0.4, 0.5) is 10.5 Å². The Morgan fingerprint density at radius 3 is 2.77 bits per heavy atom. The number of benzene rings is 2. The van der Waals surface area contributed by atoms with Gasteiger partial charge in [-0.3, -0.25) is 14.9 Å². The molecule has 4 amide bonds. The average Bonchev–Trinajstić information content (AvgIpc) is 3.03. The summed E-state index contributed by atoms with van der Waals surface area (Å²) in [7, 11) is 0. The van der Waals surface area contributed by atoms with E-state index in [0.29, 0.717) is 27.9 Å². The number of carbonyl (C=O) groups excluding carboxylic acids is 3. The van der Waals surface area contributed by atoms with Gasteiger partial charge in [0.1, 0.15) is 6.04 Å². The van der Waals surface area contributed by atoms with Crippen molar-refractivity contribution in [1.82, 2.24) is 15.2 Å². The molecule has 8 nitrogen and oxygen atoms in total. The van der Waals surface area contributed by atoms with Crippen LogP contribution in [0.25, 0.3) is 10.8 Å². The Labute approximate surface area is 176 Å². The van der Waals surface area contributed by atoms with Crippen LogP contribution in [0.3, 0.4) is 0 Å². The molecule has 2 heterocycles. The Balaban J connectivity index is 1.53. The topological polar surface area (TPSA) is 112 Å². The molecule has 1 saturated heterocycles. The van der Waals surface area contributed by atoms with Crippen molar-refractivity contribution in [2.45, 2.75) is 25.4 Å². The van der Waals surface area contributed by atoms with Gasteiger partial charge in [-0.15, -0.1) is 0 Å². The molecule has 2 aromatic carbocycles. The van der Waals surface area contributed by atoms with Crippen molar-refractivity contribution in [3.8, 4) is 5.88 Å². The van der Waals surface area contributed by atoms with Gasteiger partial charge in [0.25, 0.3) is 0 Å². The van der Waals surface area contributed by atoms with E-state index in [0.717, 1.165) is 5.56 Å². The van der Waals surface area contributed by atoms with Crippen LogP contribution in [0.2, 0.25) is 5.02 Å². The first-order valence-electron chi connectivity index (χ1n) is 9.38. The number of aromatic hydroxyl groups is 1. The first-order valence-corrected chi connectivity index (χ1v) is 9.75. The van der Waals surface area contributed by atoms with Crippen LogP contribution < -0.4 is 16.0 Å². The second-order valence-electron chi connectivity index (χ2n) is 7.02. The Hall–Kier alpha value is -3.52. The Morgan fingerprint density at radius 2 is 2.00 bits per heavy atom. The number of nitrogens with zero attached hydrogens (tertiary/aromatic N) is 1. The number of aromatic nitrogens is 1. The minimum atomic E-state index is -0.665. The lowest BCUT2D eigenvalue weighted by atomic mass is 10.1. The third-order valence-corrected chi connectivity index (χ3v) is 5.25. The summed E-state index contributed by atoms with van der Waals surface area (Å²) in [5, 5.41) is 20.2. The molecule has 1 atom stereocenters. The molecular formula is C21H19ClN4O4. The number of amides is 4. The number of hydrogen-bond donors (Lipinski definition) is 4. The number of carbonyl (C=O) groups is 3. The van der Waals surface area contributed by atoms with Crippen LogP contribution in [0.1, 0.15) is 24.4 Å². The molecule has 1 aliphatic heterocycles. The van der Waals surface area contributed by atoms with Gasteiger partial charge in [-0.25, -0.2) is 4.79 Å². The highest BCUT2D eigenvalue weighted by atomic mass is 35.5. The molecule has 0 aliphatic carbocycles. The lowest BCUT2D eigenvalue weighted by Crippen LogP contribution is -2.41. The number of fused-ring (bicyclic) bond motifs is 1. The quantitative estimate of drug-likeness (QED) is 0.479. The van der Waals surface area contributed by atoms with Gasteiger partial charge in [0, 0.05) is 40.6 Å². The summed E-state index contributed by atoms with van der Waals surface area (Å²) in [5.41, 5.74) is 1.34. The molecule has 3 aromatic rings. The van der Waals surface area contributed by atoms with Gasteiger partial charge in [-0.05, 0) is 36.2 Å². The normalized spacial score (nSPS) is 16.4. The molecule has 1 unspecified atom stereocenters. The minimum Gasteiger partial charge on any atom is -0.494 e. The minimum absolute atomic E-state index is 0.0512. The zero-order chi connectivity index (χ0) is 21.3. The molecule has 1 fully saturated rings. The fourth-order valence-corrected chi connectivity index (χ4v) is 3.75. The highest BCUT2D eigenvalue weighted by Crippen LogP contribution is 2.34. The van der Waals surface area contributed by atoms with E-state index < -0.39 is 18.0 Å². The maximum Gasteiger partial charge on any atom is 0.319 e. The number of halogens is 1. The molecule has 4 N–H and O–H groups in total. The van der Waals surface area contributed by atoms with Crippen molar-refractivity contribution in [2.24, 2.45) is 0 Å². The van der Waals surface area contributed by atoms with E-state index in [9.17, 15) is 19.5 Å². The van der Waals surface area contributed by atoms with E-state index in [2.05, 4.69) is 16.0 Å². The summed E-state index contributed by atoms with van der Waals surface area (Å²) >= 11 is 5.92. The van der Waals surface area contributed by atoms with Gasteiger partial charge in [-0.2, -0.15) is 0 Å². The molecule has 0 radical (unpaired) electrons. The maximum absolute atomic E-state index is 12.2. The molecule has 4 rings (SSSR count). The van der Waals surface area contributed by atoms with Gasteiger partial charge in [-0.1, -0.05) is 29.8 Å². The van der Waals surface area contributed by atoms with Crippen LogP contribution in [0.15, 0.2) is 48.7 Å². The zero-order valence-corrected chi connectivity index (χ0v) is 16.6. The Bertz CT molecular complexity index is 1160. The molecule has 0 saturated carbocycles. The van der Waals surface area contributed by atoms with E-state index >= 15 is 0 Å². The van der Waals surface area contributed by atoms with Crippen molar-refractivity contribution in [2.75, 3.05) is 5.32 Å². The number of piperidine rings is 1. The highest BCUT2D eigenvalue weighted by Gasteiger charge is 2.30. The first-order chi connectivity index (χ1) is 14.4. The summed E-state index contributed by atoms with van der Waals surface area (Å²) in [6, 6.07) is 11.1. The first kappa shape index (κ1) is 19.8. The molecule has 1 aromatic heterocycles. The number of rotatable bonds is 4. The van der Waals surface area contributed by atoms with Crippen LogP contribution in [-0.2, 0) is 16.1 Å². The van der Waals surface area contributed by atoms with E-state index in [4.69, 9.17) is 11.6 Å². The number of urea groups is 1. The van der Waals surface area contributed by atoms with E-state index in [1.807, 2.05) is 6.07 Å². The number of hydrogen-bond acceptors (Lipinski definition) is 4. The summed E-state index contributed by atoms with van der Waals surface area (Å²) in [5.74, 6) is -0.810. The predicted octanol–water partition coefficient (Wildman–Crippen LogP) is 3.30. The lowest BCUT2D eigenvalue weighted by Gasteiger charge is -2.22. The standard InChI is InChI=1S/C21H19ClN4O4/c22-13-4-2-5-14(9-13)24-21(30)23-10-12-3-1-6-15-16(12)11-26(20(15)29)17-7-8-18(27)25-19(17)28/h1-6,9,11,17,29H,7-8,10H2,(H2,23,24,30)(H,25,27,28). The van der Waals surface area contributed by atoms with Crippen LogP contribution in [-0.4, -0.2) is 27.5 Å². The van der Waals surface area contributed by atoms with Gasteiger partial charge >= 0.3 is 6.03 Å². The second kappa shape index (κ2) is 8.08. The highest BCUT2D eigenvalue weighted by molar-refractivity contribution is 6.30. The van der Waals surface area contributed by atoms with E-state index in [-0.39, 0.29) is 24.8 Å². The smallest absolute Gasteiger partial charge is 0.319 e. The van der Waals surface area contributed by atoms with Gasteiger partial charge in [0.05, 0.1) is 0 Å². The van der Waals surface area contributed by atoms with Crippen LogP contribution in [0, 0.1) is 0 Å². The Morgan fingerprint density at radius 1 is 1.20 bits per heavy atom. The van der Waals surface area contributed by atoms with Gasteiger partial charge < -0.3 is 20.3 Å². The lowest BCUT2D eigenvalue weighted by molar-refractivity contribution is -0.135. The molecule has 30 heavy (non-hydrogen) atoms. The number of imide groups is 1. The molecule has 0 spiro atoms. The van der Waals surface area contributed by atoms with E-state index in [1.54, 1.807) is 42.6 Å². The second-order valence-corrected chi connectivity index (χ2v) is 7.46. The molecule has 1 aliphatic rings. The summed E-state index contributed by atoms with van der Waals surface area (Å²) in [6.07, 6.45) is 2.20. The maximum atomic E-state index is 12.2. The number of anilines is 1. The molecule has 154 valence electrons. The number of nitrogens with one attached hydrogen (secondary N) is 3. The molecular weight excluding hydrogens is 408 g/mol. The third-order valence-electron chi connectivity index (χ3n) is 5.02. The van der Waals surface area contributed by atoms with Crippen molar-refractivity contribution >= 4 is 45.9 Å². The van der Waals surface area contributed by atoms with Crippen LogP contribution >= 0.6 is 11.6 Å². The zero-order valence-electron chi connectivity index (χ0n) is 15.8. The summed E-state index contributed by atoms with van der Waals surface area (Å²) < 4.78 is 1.47. The summed E-state index contributed by atoms with van der Waals surface area (Å²) in [6.45, 7) is 0.211. The predicted molar refractivity (Wildman–Crippen MR) is 112 cm³/mol. The fraction of sp³-hybridized carbons (Fsp3) is 0.190. The van der Waals surface area contributed by atoms with Crippen molar-refractivity contribution in [3.05, 3.63) is 59.2 Å². The molecule has 0 bridgehead atoms. The van der Waals surface area contributed by atoms with Gasteiger partial charge in [0.15, 0.2) is 5.88 Å². The monoisotopic (exact) mass is 426 g/mol. The summed E-state index contributed by atoms with van der Waals surface area (Å²) in [4.78, 5) is 35.8. The van der Waals surface area contributed by atoms with Crippen molar-refractivity contribution < 1.29 is 19.5 Å².